The normalized spacial score (nSPS) is 11.0. The van der Waals surface area contributed by atoms with E-state index in [1.165, 1.54) is 26.2 Å². The molecule has 0 aliphatic rings. The molecule has 2 rings (SSSR count). The Morgan fingerprint density at radius 3 is 2.17 bits per heavy atom. The van der Waals surface area contributed by atoms with Crippen LogP contribution in [-0.2, 0) is 14.8 Å². The summed E-state index contributed by atoms with van der Waals surface area (Å²) in [6.45, 7) is 5.14. The molecule has 2 aromatic carbocycles. The molecule has 7 heteroatoms. The van der Waals surface area contributed by atoms with Crippen LogP contribution in [0.25, 0.3) is 0 Å². The van der Waals surface area contributed by atoms with Gasteiger partial charge in [0.25, 0.3) is 10.0 Å². The van der Waals surface area contributed by atoms with Gasteiger partial charge in [0.2, 0.25) is 5.91 Å². The topological polar surface area (TPSA) is 84.5 Å². The van der Waals surface area contributed by atoms with Crippen molar-refractivity contribution in [3.8, 4) is 5.75 Å². The standard InChI is InChI=1S/C17H20N2O4S/c1-11-7-12(2)9-15(8-11)19-24(21,22)17-10-14(18-13(3)20)5-6-16(17)23-4/h5-10,19H,1-4H3,(H,18,20). The summed E-state index contributed by atoms with van der Waals surface area (Å²) in [5, 5.41) is 2.56. The Kier molecular flexibility index (Phi) is 5.14. The average molecular weight is 348 g/mol. The van der Waals surface area contributed by atoms with Crippen molar-refractivity contribution in [2.45, 2.75) is 25.7 Å². The Morgan fingerprint density at radius 1 is 1.00 bits per heavy atom. The molecule has 128 valence electrons. The highest BCUT2D eigenvalue weighted by atomic mass is 32.2. The molecule has 0 saturated heterocycles. The van der Waals surface area contributed by atoms with Crippen molar-refractivity contribution in [1.82, 2.24) is 0 Å². The van der Waals surface area contributed by atoms with Crippen LogP contribution in [0.2, 0.25) is 0 Å². The smallest absolute Gasteiger partial charge is 0.265 e. The van der Waals surface area contributed by atoms with Crippen molar-refractivity contribution >= 4 is 27.3 Å². The number of carbonyl (C=O) groups excluding carboxylic acids is 1. The van der Waals surface area contributed by atoms with E-state index in [-0.39, 0.29) is 16.6 Å². The van der Waals surface area contributed by atoms with E-state index < -0.39 is 10.0 Å². The van der Waals surface area contributed by atoms with E-state index in [2.05, 4.69) is 10.0 Å². The third kappa shape index (κ3) is 4.26. The van der Waals surface area contributed by atoms with E-state index in [0.29, 0.717) is 11.4 Å². The second-order valence-electron chi connectivity index (χ2n) is 5.53. The van der Waals surface area contributed by atoms with Crippen LogP contribution in [0, 0.1) is 13.8 Å². The Balaban J connectivity index is 2.45. The van der Waals surface area contributed by atoms with Gasteiger partial charge >= 0.3 is 0 Å². The summed E-state index contributed by atoms with van der Waals surface area (Å²) in [4.78, 5) is 11.1. The molecule has 0 bridgehead atoms. The molecule has 0 aromatic heterocycles. The molecule has 2 aromatic rings. The number of ether oxygens (including phenoxy) is 1. The Labute approximate surface area is 141 Å². The number of amides is 1. The van der Waals surface area contributed by atoms with Crippen LogP contribution in [0.4, 0.5) is 11.4 Å². The van der Waals surface area contributed by atoms with Gasteiger partial charge in [-0.1, -0.05) is 6.07 Å². The number of benzene rings is 2. The van der Waals surface area contributed by atoms with Crippen LogP contribution in [0.5, 0.6) is 5.75 Å². The maximum Gasteiger partial charge on any atom is 0.265 e. The first-order valence-electron chi connectivity index (χ1n) is 7.28. The van der Waals surface area contributed by atoms with Gasteiger partial charge in [0.1, 0.15) is 10.6 Å². The molecule has 0 saturated carbocycles. The van der Waals surface area contributed by atoms with Crippen LogP contribution in [0.1, 0.15) is 18.1 Å². The first-order valence-corrected chi connectivity index (χ1v) is 8.76. The second-order valence-corrected chi connectivity index (χ2v) is 7.18. The largest absolute Gasteiger partial charge is 0.495 e. The first kappa shape index (κ1) is 17.8. The number of carbonyl (C=O) groups is 1. The van der Waals surface area contributed by atoms with Crippen LogP contribution in [-0.4, -0.2) is 21.4 Å². The summed E-state index contributed by atoms with van der Waals surface area (Å²) in [6, 6.07) is 9.89. The third-order valence-electron chi connectivity index (χ3n) is 3.25. The molecule has 24 heavy (non-hydrogen) atoms. The van der Waals surface area contributed by atoms with Crippen LogP contribution in [0.15, 0.2) is 41.3 Å². The molecule has 6 nitrogen and oxygen atoms in total. The van der Waals surface area contributed by atoms with E-state index in [1.54, 1.807) is 18.2 Å². The van der Waals surface area contributed by atoms with E-state index in [4.69, 9.17) is 4.74 Å². The van der Waals surface area contributed by atoms with Crippen LogP contribution >= 0.6 is 0 Å². The van der Waals surface area contributed by atoms with Gasteiger partial charge in [-0.05, 0) is 55.3 Å². The minimum absolute atomic E-state index is 0.0459. The van der Waals surface area contributed by atoms with Crippen LogP contribution < -0.4 is 14.8 Å². The molecular formula is C17H20N2O4S. The maximum atomic E-state index is 12.7. The van der Waals surface area contributed by atoms with Crippen molar-refractivity contribution in [2.24, 2.45) is 0 Å². The van der Waals surface area contributed by atoms with Crippen molar-refractivity contribution in [1.29, 1.82) is 0 Å². The van der Waals surface area contributed by atoms with Gasteiger partial charge in [-0.15, -0.1) is 0 Å². The summed E-state index contributed by atoms with van der Waals surface area (Å²) < 4.78 is 33.2. The molecule has 0 unspecified atom stereocenters. The Hall–Kier alpha value is -2.54. The minimum atomic E-state index is -3.87. The molecule has 0 spiro atoms. The highest BCUT2D eigenvalue weighted by Gasteiger charge is 2.21. The quantitative estimate of drug-likeness (QED) is 0.870. The highest BCUT2D eigenvalue weighted by molar-refractivity contribution is 7.92. The Morgan fingerprint density at radius 2 is 1.62 bits per heavy atom. The fraction of sp³-hybridized carbons (Fsp3) is 0.235. The van der Waals surface area contributed by atoms with E-state index >= 15 is 0 Å². The van der Waals surface area contributed by atoms with Gasteiger partial charge in [-0.2, -0.15) is 0 Å². The fourth-order valence-corrected chi connectivity index (χ4v) is 3.65. The van der Waals surface area contributed by atoms with E-state index in [1.807, 2.05) is 19.9 Å². The molecule has 0 aliphatic carbocycles. The summed E-state index contributed by atoms with van der Waals surface area (Å²) in [6.07, 6.45) is 0. The average Bonchev–Trinajstić information content (AvgIpc) is 2.45. The molecule has 0 atom stereocenters. The summed E-state index contributed by atoms with van der Waals surface area (Å²) >= 11 is 0. The lowest BCUT2D eigenvalue weighted by Crippen LogP contribution is -2.15. The second kappa shape index (κ2) is 6.92. The van der Waals surface area contributed by atoms with Gasteiger partial charge in [0.15, 0.2) is 0 Å². The van der Waals surface area contributed by atoms with Crippen molar-refractivity contribution < 1.29 is 17.9 Å². The number of sulfonamides is 1. The molecular weight excluding hydrogens is 328 g/mol. The number of anilines is 2. The van der Waals surface area contributed by atoms with Gasteiger partial charge in [-0.3, -0.25) is 9.52 Å². The molecule has 2 N–H and O–H groups in total. The maximum absolute atomic E-state index is 12.7. The van der Waals surface area contributed by atoms with Gasteiger partial charge < -0.3 is 10.1 Å². The number of hydrogen-bond donors (Lipinski definition) is 2. The predicted molar refractivity (Wildman–Crippen MR) is 94.0 cm³/mol. The van der Waals surface area contributed by atoms with Gasteiger partial charge in [0.05, 0.1) is 7.11 Å². The van der Waals surface area contributed by atoms with E-state index in [9.17, 15) is 13.2 Å². The highest BCUT2D eigenvalue weighted by Crippen LogP contribution is 2.29. The lowest BCUT2D eigenvalue weighted by Gasteiger charge is -2.14. The van der Waals surface area contributed by atoms with Crippen LogP contribution in [0.3, 0.4) is 0 Å². The number of aryl methyl sites for hydroxylation is 2. The zero-order chi connectivity index (χ0) is 17.9. The lowest BCUT2D eigenvalue weighted by molar-refractivity contribution is -0.114. The van der Waals surface area contributed by atoms with Crippen molar-refractivity contribution in [2.75, 3.05) is 17.1 Å². The first-order chi connectivity index (χ1) is 11.2. The monoisotopic (exact) mass is 348 g/mol. The third-order valence-corrected chi connectivity index (χ3v) is 4.65. The predicted octanol–water partition coefficient (Wildman–Crippen LogP) is 3.07. The molecule has 0 radical (unpaired) electrons. The van der Waals surface area contributed by atoms with Crippen molar-refractivity contribution in [3.05, 3.63) is 47.5 Å². The number of hydrogen-bond acceptors (Lipinski definition) is 4. The summed E-state index contributed by atoms with van der Waals surface area (Å²) in [5.74, 6) is -0.0910. The zero-order valence-electron chi connectivity index (χ0n) is 14.0. The zero-order valence-corrected chi connectivity index (χ0v) is 14.8. The molecule has 0 heterocycles. The van der Waals surface area contributed by atoms with Gasteiger partial charge in [-0.25, -0.2) is 8.42 Å². The Bertz CT molecular complexity index is 856. The van der Waals surface area contributed by atoms with Gasteiger partial charge in [0, 0.05) is 18.3 Å². The number of nitrogens with one attached hydrogen (secondary N) is 2. The molecule has 0 aliphatic heterocycles. The lowest BCUT2D eigenvalue weighted by atomic mass is 10.1. The minimum Gasteiger partial charge on any atom is -0.495 e. The van der Waals surface area contributed by atoms with Crippen molar-refractivity contribution in [3.63, 3.8) is 0 Å². The summed E-state index contributed by atoms with van der Waals surface area (Å²) in [5.41, 5.74) is 2.75. The molecule has 1 amide bonds. The summed E-state index contributed by atoms with van der Waals surface area (Å²) in [7, 11) is -2.48. The van der Waals surface area contributed by atoms with E-state index in [0.717, 1.165) is 11.1 Å². The number of rotatable bonds is 5. The fourth-order valence-electron chi connectivity index (χ4n) is 2.41. The SMILES string of the molecule is COc1ccc(NC(C)=O)cc1S(=O)(=O)Nc1cc(C)cc(C)c1. The molecule has 0 fully saturated rings. The number of methoxy groups -OCH3 is 1.